The molecule has 3 aromatic rings. The number of aryl methyl sites for hydroxylation is 1. The smallest absolute Gasteiger partial charge is 0.222 e. The van der Waals surface area contributed by atoms with Crippen LogP contribution in [0.15, 0.2) is 42.5 Å². The molecule has 11 heteroatoms. The first kappa shape index (κ1) is 27.7. The molecule has 0 atom stereocenters. The predicted molar refractivity (Wildman–Crippen MR) is 153 cm³/mol. The molecule has 1 aromatic heterocycles. The summed E-state index contributed by atoms with van der Waals surface area (Å²) in [5, 5.41) is 27.2. The Kier molecular flexibility index (Phi) is 8.22. The number of anilines is 2. The van der Waals surface area contributed by atoms with E-state index in [2.05, 4.69) is 36.8 Å². The average molecular weight is 564 g/mol. The van der Waals surface area contributed by atoms with Crippen molar-refractivity contribution in [3.63, 3.8) is 0 Å². The first-order chi connectivity index (χ1) is 20.0. The van der Waals surface area contributed by atoms with Crippen LogP contribution in [0.25, 0.3) is 11.3 Å². The van der Waals surface area contributed by atoms with Crippen molar-refractivity contribution >= 4 is 11.8 Å². The molecule has 0 unspecified atom stereocenters. The molecule has 2 aliphatic carbocycles. The number of hydrogen-bond acceptors (Lipinski definition) is 11. The van der Waals surface area contributed by atoms with E-state index in [0.717, 1.165) is 92.4 Å². The van der Waals surface area contributed by atoms with Crippen LogP contribution < -0.4 is 20.3 Å². The highest BCUT2D eigenvalue weighted by molar-refractivity contribution is 5.76. The van der Waals surface area contributed by atoms with E-state index < -0.39 is 6.29 Å². The zero-order chi connectivity index (χ0) is 28.3. The number of aliphatic hydroxyl groups is 2. The molecule has 0 radical (unpaired) electrons. The lowest BCUT2D eigenvalue weighted by atomic mass is 9.82. The monoisotopic (exact) mass is 563 g/mol. The molecule has 1 saturated heterocycles. The molecule has 3 aliphatic rings. The Morgan fingerprint density at radius 1 is 0.951 bits per heavy atom. The van der Waals surface area contributed by atoms with E-state index in [1.807, 2.05) is 18.2 Å². The van der Waals surface area contributed by atoms with Crippen molar-refractivity contribution < 1.29 is 29.8 Å². The molecular weight excluding hydrogens is 526 g/mol. The summed E-state index contributed by atoms with van der Waals surface area (Å²) in [5.41, 5.74) is 11.5. The van der Waals surface area contributed by atoms with E-state index in [-0.39, 0.29) is 18.0 Å². The van der Waals surface area contributed by atoms with Crippen molar-refractivity contribution in [2.24, 2.45) is 5.92 Å². The van der Waals surface area contributed by atoms with E-state index in [4.69, 9.17) is 20.5 Å². The second-order valence-electron chi connectivity index (χ2n) is 11.0. The summed E-state index contributed by atoms with van der Waals surface area (Å²) in [6.07, 6.45) is 2.07. The fraction of sp³-hybridized carbons (Fsp3) is 0.467. The van der Waals surface area contributed by atoms with Gasteiger partial charge in [-0.25, -0.2) is 10.2 Å². The molecule has 2 fully saturated rings. The number of benzene rings is 2. The third kappa shape index (κ3) is 6.24. The number of aromatic nitrogens is 2. The van der Waals surface area contributed by atoms with Crippen LogP contribution in [0.2, 0.25) is 0 Å². The number of rotatable bonds is 10. The lowest BCUT2D eigenvalue weighted by Crippen LogP contribution is -2.48. The number of piperazine rings is 1. The molecule has 2 heterocycles. The Labute approximate surface area is 239 Å². The molecule has 5 N–H and O–H groups in total. The fourth-order valence-corrected chi connectivity index (χ4v) is 5.89. The molecule has 0 amide bonds. The third-order valence-corrected chi connectivity index (χ3v) is 8.40. The van der Waals surface area contributed by atoms with Gasteiger partial charge >= 0.3 is 0 Å². The molecule has 0 spiro atoms. The van der Waals surface area contributed by atoms with Gasteiger partial charge in [0.2, 0.25) is 5.95 Å². The predicted octanol–water partition coefficient (Wildman–Crippen LogP) is 2.48. The standard InChI is InChI=1S/C30H37N5O6/c31-30-32-27-25-8-6-23(40-18-19-1-4-22(41-38)5-2-19)15-20(25)3-7-26(27)28(33-30)35-11-9-34(10-12-35)13-14-39-24-16-21(17-24)29(36)37/h1-2,4-6,8,15,21,24,29,36-38H,3,7,9-14,16-18H2,(H2,31,32,33). The summed E-state index contributed by atoms with van der Waals surface area (Å²) in [6.45, 7) is 5.47. The Morgan fingerprint density at radius 3 is 2.44 bits per heavy atom. The second kappa shape index (κ2) is 12.2. The van der Waals surface area contributed by atoms with E-state index in [0.29, 0.717) is 19.0 Å². The number of ether oxygens (including phenoxy) is 2. The molecule has 1 saturated carbocycles. The van der Waals surface area contributed by atoms with Crippen molar-refractivity contribution in [3.8, 4) is 22.8 Å². The summed E-state index contributed by atoms with van der Waals surface area (Å²) in [4.78, 5) is 18.3. The molecule has 218 valence electrons. The van der Waals surface area contributed by atoms with Crippen LogP contribution >= 0.6 is 0 Å². The zero-order valence-electron chi connectivity index (χ0n) is 23.0. The second-order valence-corrected chi connectivity index (χ2v) is 11.0. The number of hydrogen-bond donors (Lipinski definition) is 4. The fourth-order valence-electron chi connectivity index (χ4n) is 5.89. The highest BCUT2D eigenvalue weighted by Gasteiger charge is 2.34. The van der Waals surface area contributed by atoms with Gasteiger partial charge in [-0.15, -0.1) is 0 Å². The van der Waals surface area contributed by atoms with Crippen molar-refractivity contribution in [1.82, 2.24) is 14.9 Å². The lowest BCUT2D eigenvalue weighted by molar-refractivity contribution is -0.150. The van der Waals surface area contributed by atoms with E-state index in [1.165, 1.54) is 5.56 Å². The normalized spacial score (nSPS) is 20.3. The first-order valence-corrected chi connectivity index (χ1v) is 14.2. The quantitative estimate of drug-likeness (QED) is 0.164. The van der Waals surface area contributed by atoms with Crippen molar-refractivity contribution in [2.75, 3.05) is 50.0 Å². The Bertz CT molecular complexity index is 1340. The largest absolute Gasteiger partial charge is 0.489 e. The molecule has 6 rings (SSSR count). The Morgan fingerprint density at radius 2 is 1.71 bits per heavy atom. The van der Waals surface area contributed by atoms with E-state index in [9.17, 15) is 10.2 Å². The molecule has 11 nitrogen and oxygen atoms in total. The number of nitrogens with zero attached hydrogens (tertiary/aromatic N) is 4. The Balaban J connectivity index is 1.06. The van der Waals surface area contributed by atoms with Gasteiger partial charge in [-0.1, -0.05) is 12.1 Å². The maximum Gasteiger partial charge on any atom is 0.222 e. The number of nitrogens with two attached hydrogens (primary N) is 1. The minimum Gasteiger partial charge on any atom is -0.489 e. The van der Waals surface area contributed by atoms with Crippen molar-refractivity contribution in [3.05, 3.63) is 59.2 Å². The van der Waals surface area contributed by atoms with Gasteiger partial charge in [-0.3, -0.25) is 4.90 Å². The van der Waals surface area contributed by atoms with Gasteiger partial charge < -0.3 is 35.2 Å². The van der Waals surface area contributed by atoms with Crippen molar-refractivity contribution in [1.29, 1.82) is 0 Å². The van der Waals surface area contributed by atoms with Gasteiger partial charge in [0, 0.05) is 49.8 Å². The summed E-state index contributed by atoms with van der Waals surface area (Å²) in [7, 11) is 0. The van der Waals surface area contributed by atoms with Gasteiger partial charge in [0.25, 0.3) is 0 Å². The molecule has 0 bridgehead atoms. The van der Waals surface area contributed by atoms with Gasteiger partial charge in [0.05, 0.1) is 18.4 Å². The number of aliphatic hydroxyl groups excluding tert-OH is 1. The average Bonchev–Trinajstić information content (AvgIpc) is 2.97. The number of fused-ring (bicyclic) bond motifs is 3. The van der Waals surface area contributed by atoms with Crippen LogP contribution in [-0.4, -0.2) is 82.1 Å². The maximum absolute atomic E-state index is 9.21. The van der Waals surface area contributed by atoms with Crippen LogP contribution in [-0.2, 0) is 24.2 Å². The molecule has 2 aromatic carbocycles. The van der Waals surface area contributed by atoms with E-state index in [1.54, 1.807) is 12.1 Å². The van der Waals surface area contributed by atoms with Crippen molar-refractivity contribution in [2.45, 2.75) is 44.7 Å². The van der Waals surface area contributed by atoms with Crippen LogP contribution in [0.1, 0.15) is 29.5 Å². The van der Waals surface area contributed by atoms with Crippen LogP contribution in [0, 0.1) is 5.92 Å². The minimum absolute atomic E-state index is 0.0460. The summed E-state index contributed by atoms with van der Waals surface area (Å²) >= 11 is 0. The van der Waals surface area contributed by atoms with Crippen LogP contribution in [0.3, 0.4) is 0 Å². The number of nitrogen functional groups attached to an aromatic ring is 1. The Hall–Kier alpha value is -3.48. The molecular formula is C30H37N5O6. The lowest BCUT2D eigenvalue weighted by Gasteiger charge is -2.38. The minimum atomic E-state index is -1.23. The molecule has 1 aliphatic heterocycles. The highest BCUT2D eigenvalue weighted by atomic mass is 17.1. The van der Waals surface area contributed by atoms with Crippen LogP contribution in [0.4, 0.5) is 11.8 Å². The third-order valence-electron chi connectivity index (χ3n) is 8.40. The highest BCUT2D eigenvalue weighted by Crippen LogP contribution is 2.39. The molecule has 41 heavy (non-hydrogen) atoms. The summed E-state index contributed by atoms with van der Waals surface area (Å²) in [6, 6.07) is 13.2. The first-order valence-electron chi connectivity index (χ1n) is 14.2. The summed E-state index contributed by atoms with van der Waals surface area (Å²) < 4.78 is 11.9. The van der Waals surface area contributed by atoms with E-state index >= 15 is 0 Å². The topological polar surface area (TPSA) is 147 Å². The van der Waals surface area contributed by atoms with Gasteiger partial charge in [0.1, 0.15) is 18.2 Å². The zero-order valence-corrected chi connectivity index (χ0v) is 23.0. The van der Waals surface area contributed by atoms with Gasteiger partial charge in [-0.05, 0) is 67.1 Å². The SMILES string of the molecule is Nc1nc2c(c(N3CCN(CCOC4CC(C(O)O)C4)CC3)n1)CCc1cc(OCc3ccc(OO)cc3)ccc1-2. The van der Waals surface area contributed by atoms with Gasteiger partial charge in [0.15, 0.2) is 12.0 Å². The van der Waals surface area contributed by atoms with Crippen LogP contribution in [0.5, 0.6) is 11.5 Å². The summed E-state index contributed by atoms with van der Waals surface area (Å²) in [5.74, 6) is 2.35. The van der Waals surface area contributed by atoms with Gasteiger partial charge in [-0.2, -0.15) is 4.98 Å². The maximum atomic E-state index is 9.21.